The third-order valence-electron chi connectivity index (χ3n) is 6.39. The minimum atomic E-state index is -1.24. The molecule has 4 aromatic rings. The van der Waals surface area contributed by atoms with Gasteiger partial charge in [0.1, 0.15) is 34.1 Å². The van der Waals surface area contributed by atoms with E-state index in [2.05, 4.69) is 4.99 Å². The number of esters is 1. The van der Waals surface area contributed by atoms with E-state index in [1.54, 1.807) is 32.2 Å². The van der Waals surface area contributed by atoms with Crippen molar-refractivity contribution in [3.05, 3.63) is 86.8 Å². The summed E-state index contributed by atoms with van der Waals surface area (Å²) in [6.45, 7) is 4.00. The summed E-state index contributed by atoms with van der Waals surface area (Å²) >= 11 is 0. The van der Waals surface area contributed by atoms with Gasteiger partial charge in [-0.05, 0) is 56.5 Å². The Hall–Kier alpha value is -4.25. The Morgan fingerprint density at radius 2 is 1.95 bits per heavy atom. The molecule has 0 spiro atoms. The highest BCUT2D eigenvalue weighted by Crippen LogP contribution is 2.19. The van der Waals surface area contributed by atoms with Crippen molar-refractivity contribution in [3.8, 4) is 0 Å². The molecule has 1 aromatic carbocycles. The molecule has 0 radical (unpaired) electrons. The first-order valence-electron chi connectivity index (χ1n) is 12.2. The van der Waals surface area contributed by atoms with Gasteiger partial charge < -0.3 is 14.0 Å². The molecule has 5 rings (SSSR count). The predicted octanol–water partition coefficient (Wildman–Crippen LogP) is 3.33. The molecule has 1 amide bonds. The van der Waals surface area contributed by atoms with Gasteiger partial charge >= 0.3 is 5.97 Å². The molecule has 1 aliphatic rings. The molecule has 1 fully saturated rings. The molecule has 38 heavy (non-hydrogen) atoms. The number of hydrogen-bond acceptors (Lipinski definition) is 6. The van der Waals surface area contributed by atoms with Crippen LogP contribution in [0.4, 0.5) is 8.78 Å². The van der Waals surface area contributed by atoms with Gasteiger partial charge in [0.05, 0.1) is 24.6 Å². The lowest BCUT2D eigenvalue weighted by molar-refractivity contribution is 0.0521. The number of rotatable bonds is 5. The fourth-order valence-electron chi connectivity index (χ4n) is 4.59. The molecular weight excluding hydrogens is 498 g/mol. The van der Waals surface area contributed by atoms with Crippen molar-refractivity contribution >= 4 is 28.6 Å². The maximum atomic E-state index is 14.4. The predicted molar refractivity (Wildman–Crippen MR) is 133 cm³/mol. The van der Waals surface area contributed by atoms with Crippen LogP contribution in [0.15, 0.2) is 52.4 Å². The average Bonchev–Trinajstić information content (AvgIpc) is 3.39. The van der Waals surface area contributed by atoms with Crippen LogP contribution in [0, 0.1) is 18.6 Å². The van der Waals surface area contributed by atoms with Crippen LogP contribution in [0.2, 0.25) is 0 Å². The fourth-order valence-corrected chi connectivity index (χ4v) is 4.59. The molecule has 3 aromatic heterocycles. The van der Waals surface area contributed by atoms with Crippen molar-refractivity contribution in [3.63, 3.8) is 0 Å². The van der Waals surface area contributed by atoms with Gasteiger partial charge in [0.25, 0.3) is 11.5 Å². The van der Waals surface area contributed by atoms with Crippen LogP contribution >= 0.6 is 0 Å². The third-order valence-corrected chi connectivity index (χ3v) is 6.39. The van der Waals surface area contributed by atoms with E-state index in [1.807, 2.05) is 0 Å². The zero-order chi connectivity index (χ0) is 27.0. The highest BCUT2D eigenvalue weighted by Gasteiger charge is 2.25. The first-order chi connectivity index (χ1) is 18.3. The topological polar surface area (TPSA) is 104 Å². The quantitative estimate of drug-likeness (QED) is 0.294. The second-order valence-corrected chi connectivity index (χ2v) is 8.90. The van der Waals surface area contributed by atoms with Crippen molar-refractivity contribution < 1.29 is 27.8 Å². The van der Waals surface area contributed by atoms with E-state index < -0.39 is 34.6 Å². The maximum absolute atomic E-state index is 14.4. The Labute approximate surface area is 215 Å². The number of pyridine rings is 2. The minimum Gasteiger partial charge on any atom is -0.462 e. The molecule has 11 heteroatoms. The Balaban J connectivity index is 1.90. The number of hydrogen-bond donors (Lipinski definition) is 0. The summed E-state index contributed by atoms with van der Waals surface area (Å²) in [5.41, 5.74) is -0.530. The molecule has 0 aliphatic carbocycles. The van der Waals surface area contributed by atoms with Gasteiger partial charge in [-0.25, -0.2) is 18.6 Å². The molecule has 1 atom stereocenters. The lowest BCUT2D eigenvalue weighted by Gasteiger charge is -2.18. The van der Waals surface area contributed by atoms with Crippen molar-refractivity contribution in [2.24, 2.45) is 4.99 Å². The Bertz CT molecular complexity index is 1700. The maximum Gasteiger partial charge on any atom is 0.341 e. The molecule has 0 bridgehead atoms. The SMILES string of the molecule is CCOC(=O)c1cc2c(=O)n3cccc(C)c3nc2n(CC2CCCO2)c1=NC(=O)c1c(F)cccc1F. The van der Waals surface area contributed by atoms with Gasteiger partial charge in [-0.2, -0.15) is 4.99 Å². The summed E-state index contributed by atoms with van der Waals surface area (Å²) in [5, 5.41) is 0.0811. The molecule has 1 unspecified atom stereocenters. The van der Waals surface area contributed by atoms with Gasteiger partial charge in [-0.3, -0.25) is 14.0 Å². The van der Waals surface area contributed by atoms with Crippen LogP contribution in [0.25, 0.3) is 16.7 Å². The van der Waals surface area contributed by atoms with Crippen LogP contribution in [0.3, 0.4) is 0 Å². The molecule has 1 aliphatic heterocycles. The minimum absolute atomic E-state index is 0.00603. The van der Waals surface area contributed by atoms with Gasteiger partial charge in [0.15, 0.2) is 5.49 Å². The number of carbonyl (C=O) groups is 2. The number of aryl methyl sites for hydroxylation is 1. The van der Waals surface area contributed by atoms with Gasteiger partial charge in [-0.15, -0.1) is 0 Å². The molecule has 9 nitrogen and oxygen atoms in total. The molecule has 196 valence electrons. The normalized spacial score (nSPS) is 15.9. The standard InChI is InChI=1S/C27H24F2N4O5/c1-3-37-27(36)18-13-17-23(30-22-15(2)7-5-11-32(22)26(17)35)33(14-16-8-6-12-38-16)24(18)31-25(34)21-19(28)9-4-10-20(21)29/h4-5,7,9-11,13,16H,3,6,8,12,14H2,1-2H3. The van der Waals surface area contributed by atoms with E-state index >= 15 is 0 Å². The van der Waals surface area contributed by atoms with Crippen molar-refractivity contribution in [2.75, 3.05) is 13.2 Å². The fraction of sp³-hybridized carbons (Fsp3) is 0.296. The molecule has 0 saturated carbocycles. The number of ether oxygens (including phenoxy) is 2. The number of nitrogens with zero attached hydrogens (tertiary/aromatic N) is 4. The summed E-state index contributed by atoms with van der Waals surface area (Å²) in [6.07, 6.45) is 2.71. The van der Waals surface area contributed by atoms with E-state index in [1.165, 1.54) is 15.0 Å². The van der Waals surface area contributed by atoms with Gasteiger partial charge in [-0.1, -0.05) is 12.1 Å². The second kappa shape index (κ2) is 10.3. The highest BCUT2D eigenvalue weighted by atomic mass is 19.1. The largest absolute Gasteiger partial charge is 0.462 e. The van der Waals surface area contributed by atoms with Crippen LogP contribution in [-0.4, -0.2) is 45.1 Å². The van der Waals surface area contributed by atoms with E-state index in [0.717, 1.165) is 24.6 Å². The molecule has 0 N–H and O–H groups in total. The van der Waals surface area contributed by atoms with Crippen LogP contribution in [-0.2, 0) is 16.0 Å². The van der Waals surface area contributed by atoms with E-state index in [0.29, 0.717) is 24.2 Å². The van der Waals surface area contributed by atoms with E-state index in [9.17, 15) is 23.2 Å². The first kappa shape index (κ1) is 25.4. The van der Waals surface area contributed by atoms with Crippen molar-refractivity contribution in [1.29, 1.82) is 0 Å². The summed E-state index contributed by atoms with van der Waals surface area (Å²) < 4.78 is 42.6. The third kappa shape index (κ3) is 4.49. The van der Waals surface area contributed by atoms with Crippen LogP contribution in [0.1, 0.15) is 46.0 Å². The van der Waals surface area contributed by atoms with E-state index in [-0.39, 0.29) is 41.3 Å². The van der Waals surface area contributed by atoms with Crippen LogP contribution < -0.4 is 11.0 Å². The lowest BCUT2D eigenvalue weighted by Crippen LogP contribution is -2.35. The number of halogens is 2. The molecule has 1 saturated heterocycles. The average molecular weight is 523 g/mol. The number of amides is 1. The smallest absolute Gasteiger partial charge is 0.341 e. The van der Waals surface area contributed by atoms with Crippen LogP contribution in [0.5, 0.6) is 0 Å². The van der Waals surface area contributed by atoms with E-state index in [4.69, 9.17) is 14.5 Å². The lowest BCUT2D eigenvalue weighted by atomic mass is 10.1. The number of aromatic nitrogens is 3. The van der Waals surface area contributed by atoms with Crippen molar-refractivity contribution in [2.45, 2.75) is 39.3 Å². The highest BCUT2D eigenvalue weighted by molar-refractivity contribution is 5.97. The zero-order valence-electron chi connectivity index (χ0n) is 20.7. The number of carbonyl (C=O) groups excluding carboxylic acids is 2. The first-order valence-corrected chi connectivity index (χ1v) is 12.2. The zero-order valence-corrected chi connectivity index (χ0v) is 20.7. The monoisotopic (exact) mass is 522 g/mol. The second-order valence-electron chi connectivity index (χ2n) is 8.90. The number of benzene rings is 1. The summed E-state index contributed by atoms with van der Waals surface area (Å²) in [4.78, 5) is 48.4. The van der Waals surface area contributed by atoms with Gasteiger partial charge in [0, 0.05) is 12.8 Å². The van der Waals surface area contributed by atoms with Gasteiger partial charge in [0.2, 0.25) is 0 Å². The summed E-state index contributed by atoms with van der Waals surface area (Å²) in [5.74, 6) is -4.29. The molecular formula is C27H24F2N4O5. The molecule has 4 heterocycles. The number of fused-ring (bicyclic) bond motifs is 2. The summed E-state index contributed by atoms with van der Waals surface area (Å²) in [7, 11) is 0. The Morgan fingerprint density at radius 3 is 2.63 bits per heavy atom. The Morgan fingerprint density at radius 1 is 1.18 bits per heavy atom. The van der Waals surface area contributed by atoms with Crippen molar-refractivity contribution in [1.82, 2.24) is 14.0 Å². The summed E-state index contributed by atoms with van der Waals surface area (Å²) in [6, 6.07) is 7.76. The Kier molecular flexibility index (Phi) is 6.85.